The van der Waals surface area contributed by atoms with Crippen LogP contribution >= 0.6 is 23.6 Å². The Morgan fingerprint density at radius 2 is 1.90 bits per heavy atom. The standard InChI is InChI=1S/C23H22FN3S2/c1-16-20(21-6-2-3-7-22(21)25-16)12-13-27(15-19-5-4-14-29-19)23(28)26-18-10-8-17(24)9-11-18/h2-11,14,25H,12-13,15H2,1H3,(H,26,28). The molecule has 148 valence electrons. The quantitative estimate of drug-likeness (QED) is 0.366. The summed E-state index contributed by atoms with van der Waals surface area (Å²) >= 11 is 7.43. The van der Waals surface area contributed by atoms with E-state index >= 15 is 0 Å². The van der Waals surface area contributed by atoms with Crippen molar-refractivity contribution in [2.45, 2.75) is 19.9 Å². The zero-order chi connectivity index (χ0) is 20.2. The van der Waals surface area contributed by atoms with E-state index in [1.165, 1.54) is 33.7 Å². The van der Waals surface area contributed by atoms with Crippen LogP contribution < -0.4 is 5.32 Å². The van der Waals surface area contributed by atoms with E-state index in [1.54, 1.807) is 23.5 Å². The molecule has 0 unspecified atom stereocenters. The molecular weight excluding hydrogens is 401 g/mol. The predicted molar refractivity (Wildman–Crippen MR) is 124 cm³/mol. The number of hydrogen-bond donors (Lipinski definition) is 2. The average Bonchev–Trinajstić information content (AvgIpc) is 3.34. The topological polar surface area (TPSA) is 31.1 Å². The van der Waals surface area contributed by atoms with Crippen molar-refractivity contribution in [3.63, 3.8) is 0 Å². The van der Waals surface area contributed by atoms with Crippen molar-refractivity contribution in [1.29, 1.82) is 0 Å². The van der Waals surface area contributed by atoms with Crippen molar-refractivity contribution in [1.82, 2.24) is 9.88 Å². The Hall–Kier alpha value is -2.70. The summed E-state index contributed by atoms with van der Waals surface area (Å²) < 4.78 is 13.2. The summed E-state index contributed by atoms with van der Waals surface area (Å²) in [5, 5.41) is 7.23. The van der Waals surface area contributed by atoms with E-state index in [-0.39, 0.29) is 5.82 Å². The third-order valence-electron chi connectivity index (χ3n) is 4.97. The first-order valence-electron chi connectivity index (χ1n) is 9.50. The van der Waals surface area contributed by atoms with Gasteiger partial charge in [0.1, 0.15) is 5.82 Å². The number of halogens is 1. The van der Waals surface area contributed by atoms with E-state index in [0.717, 1.165) is 30.7 Å². The highest BCUT2D eigenvalue weighted by Gasteiger charge is 2.14. The Balaban J connectivity index is 1.52. The lowest BCUT2D eigenvalue weighted by Gasteiger charge is -2.25. The van der Waals surface area contributed by atoms with Gasteiger partial charge in [-0.25, -0.2) is 4.39 Å². The number of rotatable bonds is 6. The van der Waals surface area contributed by atoms with Gasteiger partial charge in [-0.2, -0.15) is 0 Å². The maximum Gasteiger partial charge on any atom is 0.173 e. The Kier molecular flexibility index (Phi) is 5.92. The molecule has 6 heteroatoms. The fourth-order valence-electron chi connectivity index (χ4n) is 3.48. The first-order valence-corrected chi connectivity index (χ1v) is 10.8. The van der Waals surface area contributed by atoms with Crippen molar-refractivity contribution in [2.24, 2.45) is 0 Å². The number of hydrogen-bond acceptors (Lipinski definition) is 2. The van der Waals surface area contributed by atoms with Gasteiger partial charge in [-0.1, -0.05) is 24.3 Å². The van der Waals surface area contributed by atoms with Crippen molar-refractivity contribution in [3.8, 4) is 0 Å². The van der Waals surface area contributed by atoms with Crippen LogP contribution in [0, 0.1) is 12.7 Å². The van der Waals surface area contributed by atoms with Gasteiger partial charge in [0.25, 0.3) is 0 Å². The van der Waals surface area contributed by atoms with Crippen LogP contribution in [-0.2, 0) is 13.0 Å². The number of thiocarbonyl (C=S) groups is 1. The third kappa shape index (κ3) is 4.66. The Morgan fingerprint density at radius 3 is 2.66 bits per heavy atom. The van der Waals surface area contributed by atoms with Gasteiger partial charge in [0.15, 0.2) is 5.11 Å². The minimum atomic E-state index is -0.258. The van der Waals surface area contributed by atoms with Crippen molar-refractivity contribution >= 4 is 45.3 Å². The molecule has 0 bridgehead atoms. The number of fused-ring (bicyclic) bond motifs is 1. The Morgan fingerprint density at radius 1 is 1.10 bits per heavy atom. The highest BCUT2D eigenvalue weighted by Crippen LogP contribution is 2.23. The lowest BCUT2D eigenvalue weighted by Crippen LogP contribution is -2.35. The van der Waals surface area contributed by atoms with Gasteiger partial charge in [0.2, 0.25) is 0 Å². The first-order chi connectivity index (χ1) is 14.1. The van der Waals surface area contributed by atoms with Crippen LogP contribution in [0.4, 0.5) is 10.1 Å². The fraction of sp³-hybridized carbons (Fsp3) is 0.174. The second-order valence-electron chi connectivity index (χ2n) is 6.96. The van der Waals surface area contributed by atoms with Gasteiger partial charge >= 0.3 is 0 Å². The van der Waals surface area contributed by atoms with Crippen LogP contribution in [0.2, 0.25) is 0 Å². The van der Waals surface area contributed by atoms with Crippen LogP contribution in [0.15, 0.2) is 66.0 Å². The summed E-state index contributed by atoms with van der Waals surface area (Å²) in [6.45, 7) is 3.65. The molecule has 29 heavy (non-hydrogen) atoms. The summed E-state index contributed by atoms with van der Waals surface area (Å²) in [5.74, 6) is -0.258. The number of para-hydroxylation sites is 1. The number of nitrogens with one attached hydrogen (secondary N) is 2. The molecule has 0 saturated heterocycles. The van der Waals surface area contributed by atoms with Gasteiger partial charge < -0.3 is 15.2 Å². The number of benzene rings is 2. The van der Waals surface area contributed by atoms with Crippen LogP contribution in [0.5, 0.6) is 0 Å². The predicted octanol–water partition coefficient (Wildman–Crippen LogP) is 6.12. The zero-order valence-electron chi connectivity index (χ0n) is 16.1. The average molecular weight is 424 g/mol. The fourth-order valence-corrected chi connectivity index (χ4v) is 4.48. The molecule has 0 atom stereocenters. The maximum absolute atomic E-state index is 13.2. The SMILES string of the molecule is Cc1[nH]c2ccccc2c1CCN(Cc1cccs1)C(=S)Nc1ccc(F)cc1. The molecule has 2 N–H and O–H groups in total. The summed E-state index contributed by atoms with van der Waals surface area (Å²) in [4.78, 5) is 6.90. The number of thiophene rings is 1. The van der Waals surface area contributed by atoms with E-state index in [2.05, 4.69) is 57.8 Å². The van der Waals surface area contributed by atoms with Crippen LogP contribution in [-0.4, -0.2) is 21.5 Å². The van der Waals surface area contributed by atoms with Gasteiger partial charge in [0, 0.05) is 33.7 Å². The molecule has 0 amide bonds. The number of aryl methyl sites for hydroxylation is 1. The molecule has 3 nitrogen and oxygen atoms in total. The Labute approximate surface area is 179 Å². The molecule has 0 spiro atoms. The highest BCUT2D eigenvalue weighted by molar-refractivity contribution is 7.80. The number of aromatic nitrogens is 1. The molecule has 0 saturated carbocycles. The van der Waals surface area contributed by atoms with Crippen molar-refractivity contribution in [3.05, 3.63) is 88.0 Å². The van der Waals surface area contributed by atoms with E-state index < -0.39 is 0 Å². The second-order valence-corrected chi connectivity index (χ2v) is 8.38. The summed E-state index contributed by atoms with van der Waals surface area (Å²) in [6, 6.07) is 18.8. The molecule has 4 rings (SSSR count). The molecule has 0 fully saturated rings. The normalized spacial score (nSPS) is 11.0. The lowest BCUT2D eigenvalue weighted by molar-refractivity contribution is 0.427. The summed E-state index contributed by atoms with van der Waals surface area (Å²) in [5.41, 5.74) is 4.47. The molecular formula is C23H22FN3S2. The van der Waals surface area contributed by atoms with Crippen LogP contribution in [0.25, 0.3) is 10.9 Å². The van der Waals surface area contributed by atoms with Gasteiger partial charge in [-0.05, 0) is 72.9 Å². The van der Waals surface area contributed by atoms with Crippen LogP contribution in [0.1, 0.15) is 16.1 Å². The molecule has 0 aliphatic heterocycles. The van der Waals surface area contributed by atoms with Crippen molar-refractivity contribution in [2.75, 3.05) is 11.9 Å². The molecule has 4 aromatic rings. The van der Waals surface area contributed by atoms with Gasteiger partial charge in [0.05, 0.1) is 6.54 Å². The third-order valence-corrected chi connectivity index (χ3v) is 6.19. The highest BCUT2D eigenvalue weighted by atomic mass is 32.1. The zero-order valence-corrected chi connectivity index (χ0v) is 17.7. The molecule has 0 aliphatic carbocycles. The molecule has 0 radical (unpaired) electrons. The molecule has 0 aliphatic rings. The monoisotopic (exact) mass is 423 g/mol. The van der Waals surface area contributed by atoms with Crippen molar-refractivity contribution < 1.29 is 4.39 Å². The second kappa shape index (κ2) is 8.76. The number of H-pyrrole nitrogens is 1. The number of nitrogens with zero attached hydrogens (tertiary/aromatic N) is 1. The van der Waals surface area contributed by atoms with E-state index in [9.17, 15) is 4.39 Å². The lowest BCUT2D eigenvalue weighted by atomic mass is 10.1. The largest absolute Gasteiger partial charge is 0.358 e. The summed E-state index contributed by atoms with van der Waals surface area (Å²) in [6.07, 6.45) is 0.881. The maximum atomic E-state index is 13.2. The van der Waals surface area contributed by atoms with E-state index in [1.807, 2.05) is 6.07 Å². The minimum Gasteiger partial charge on any atom is -0.358 e. The van der Waals surface area contributed by atoms with E-state index in [0.29, 0.717) is 5.11 Å². The van der Waals surface area contributed by atoms with Crippen LogP contribution in [0.3, 0.4) is 0 Å². The number of anilines is 1. The summed E-state index contributed by atoms with van der Waals surface area (Å²) in [7, 11) is 0. The molecule has 2 aromatic carbocycles. The van der Waals surface area contributed by atoms with Gasteiger partial charge in [-0.3, -0.25) is 0 Å². The van der Waals surface area contributed by atoms with Gasteiger partial charge in [-0.15, -0.1) is 11.3 Å². The van der Waals surface area contributed by atoms with E-state index in [4.69, 9.17) is 12.2 Å². The molecule has 2 heterocycles. The minimum absolute atomic E-state index is 0.258. The first kappa shape index (κ1) is 19.6. The number of aromatic amines is 1. The smallest absolute Gasteiger partial charge is 0.173 e. The Bertz CT molecular complexity index is 1100. The molecule has 2 aromatic heterocycles.